The molecule has 7 heteroatoms. The van der Waals surface area contributed by atoms with Crippen molar-refractivity contribution < 1.29 is 9.21 Å². The Morgan fingerprint density at radius 2 is 2.09 bits per heavy atom. The van der Waals surface area contributed by atoms with Gasteiger partial charge in [-0.15, -0.1) is 5.10 Å². The number of carbonyl (C=O) groups is 1. The molecule has 0 saturated heterocycles. The molecule has 0 bridgehead atoms. The van der Waals surface area contributed by atoms with Crippen molar-refractivity contribution in [3.8, 4) is 11.6 Å². The van der Waals surface area contributed by atoms with Gasteiger partial charge < -0.3 is 9.73 Å². The zero-order valence-corrected chi connectivity index (χ0v) is 12.5. The predicted molar refractivity (Wildman–Crippen MR) is 82.8 cm³/mol. The van der Waals surface area contributed by atoms with Gasteiger partial charge in [-0.05, 0) is 29.8 Å². The fourth-order valence-electron chi connectivity index (χ4n) is 1.94. The van der Waals surface area contributed by atoms with E-state index in [1.165, 1.54) is 17.9 Å². The van der Waals surface area contributed by atoms with E-state index >= 15 is 0 Å². The maximum atomic E-state index is 11.7. The molecule has 0 atom stereocenters. The summed E-state index contributed by atoms with van der Waals surface area (Å²) in [6.07, 6.45) is 1.53. The molecule has 22 heavy (non-hydrogen) atoms. The summed E-state index contributed by atoms with van der Waals surface area (Å²) in [7, 11) is 0. The van der Waals surface area contributed by atoms with Crippen LogP contribution in [0, 0.1) is 0 Å². The minimum Gasteiger partial charge on any atom is -0.461 e. The Hall–Kier alpha value is -2.60. The van der Waals surface area contributed by atoms with Crippen molar-refractivity contribution in [3.63, 3.8) is 0 Å². The molecule has 0 aliphatic heterocycles. The van der Waals surface area contributed by atoms with Crippen LogP contribution in [-0.2, 0) is 6.54 Å². The number of hydrogen-bond acceptors (Lipinski definition) is 5. The highest BCUT2D eigenvalue weighted by Gasteiger charge is 2.15. The number of hydrogen-bond donors (Lipinski definition) is 1. The van der Waals surface area contributed by atoms with Crippen LogP contribution in [0.3, 0.4) is 0 Å². The summed E-state index contributed by atoms with van der Waals surface area (Å²) in [5, 5.41) is 7.93. The average Bonchev–Trinajstić information content (AvgIpc) is 3.16. The van der Waals surface area contributed by atoms with E-state index in [0.29, 0.717) is 29.1 Å². The second-order valence-electron chi connectivity index (χ2n) is 4.65. The van der Waals surface area contributed by atoms with E-state index in [1.54, 1.807) is 12.1 Å². The Kier molecular flexibility index (Phi) is 3.93. The number of benzene rings is 1. The van der Waals surface area contributed by atoms with Crippen LogP contribution in [0.1, 0.15) is 17.3 Å². The molecule has 0 amide bonds. The first-order chi connectivity index (χ1) is 10.6. The number of carbonyl (C=O) groups excluding carboxylic acids is 1. The topological polar surface area (TPSA) is 73.0 Å². The highest BCUT2D eigenvalue weighted by atomic mass is 35.5. The van der Waals surface area contributed by atoms with Crippen LogP contribution in [-0.4, -0.2) is 20.7 Å². The van der Waals surface area contributed by atoms with Gasteiger partial charge in [-0.25, -0.2) is 0 Å². The Labute approximate surface area is 131 Å². The number of nitrogens with one attached hydrogen (secondary N) is 1. The molecular weight excluding hydrogens is 304 g/mol. The van der Waals surface area contributed by atoms with E-state index in [0.717, 1.165) is 5.56 Å². The second kappa shape index (κ2) is 6.03. The Balaban J connectivity index is 1.83. The number of halogens is 1. The van der Waals surface area contributed by atoms with Gasteiger partial charge in [0.1, 0.15) is 0 Å². The van der Waals surface area contributed by atoms with Crippen LogP contribution in [0.5, 0.6) is 0 Å². The minimum atomic E-state index is -0.232. The molecule has 2 aromatic heterocycles. The van der Waals surface area contributed by atoms with Crippen molar-refractivity contribution in [1.82, 2.24) is 14.8 Å². The quantitative estimate of drug-likeness (QED) is 0.798. The monoisotopic (exact) mass is 316 g/mol. The van der Waals surface area contributed by atoms with Crippen molar-refractivity contribution >= 4 is 23.5 Å². The lowest BCUT2D eigenvalue weighted by molar-refractivity contribution is 0.0923. The van der Waals surface area contributed by atoms with Gasteiger partial charge in [0.05, 0.1) is 6.26 Å². The summed E-state index contributed by atoms with van der Waals surface area (Å²) in [6.45, 7) is 1.93. The lowest BCUT2D eigenvalue weighted by Gasteiger charge is -2.05. The number of nitrogens with zero attached hydrogens (tertiary/aromatic N) is 3. The van der Waals surface area contributed by atoms with E-state index in [4.69, 9.17) is 16.0 Å². The molecule has 3 aromatic rings. The number of rotatable bonds is 4. The van der Waals surface area contributed by atoms with Crippen molar-refractivity contribution in [2.24, 2.45) is 0 Å². The summed E-state index contributed by atoms with van der Waals surface area (Å²) in [4.78, 5) is 16.0. The van der Waals surface area contributed by atoms with Crippen molar-refractivity contribution in [2.75, 3.05) is 5.32 Å². The fraction of sp³-hybridized carbons (Fsp3) is 0.133. The van der Waals surface area contributed by atoms with Crippen molar-refractivity contribution in [3.05, 3.63) is 53.2 Å². The fourth-order valence-corrected chi connectivity index (χ4v) is 2.07. The maximum absolute atomic E-state index is 11.7. The summed E-state index contributed by atoms with van der Waals surface area (Å²) in [5.74, 6) is 1.01. The molecule has 0 aliphatic carbocycles. The summed E-state index contributed by atoms with van der Waals surface area (Å²) in [6, 6.07) is 10.9. The molecule has 6 nitrogen and oxygen atoms in total. The Morgan fingerprint density at radius 3 is 2.73 bits per heavy atom. The lowest BCUT2D eigenvalue weighted by atomic mass is 10.2. The highest BCUT2D eigenvalue weighted by Crippen LogP contribution is 2.19. The molecule has 1 aromatic carbocycles. The van der Waals surface area contributed by atoms with Gasteiger partial charge in [0.25, 0.3) is 0 Å². The number of furan rings is 1. The number of aromatic nitrogens is 3. The van der Waals surface area contributed by atoms with Gasteiger partial charge in [-0.3, -0.25) is 4.79 Å². The smallest absolute Gasteiger partial charge is 0.246 e. The van der Waals surface area contributed by atoms with Gasteiger partial charge >= 0.3 is 0 Å². The van der Waals surface area contributed by atoms with Crippen LogP contribution in [0.25, 0.3) is 11.6 Å². The Morgan fingerprint density at radius 1 is 1.32 bits per heavy atom. The lowest BCUT2D eigenvalue weighted by Crippen LogP contribution is -2.13. The van der Waals surface area contributed by atoms with Gasteiger partial charge in [0.2, 0.25) is 17.7 Å². The van der Waals surface area contributed by atoms with Crippen molar-refractivity contribution in [2.45, 2.75) is 13.5 Å². The first-order valence-electron chi connectivity index (χ1n) is 6.63. The van der Waals surface area contributed by atoms with Crippen LogP contribution >= 0.6 is 11.6 Å². The third-order valence-electron chi connectivity index (χ3n) is 3.01. The van der Waals surface area contributed by atoms with Gasteiger partial charge in [0, 0.05) is 18.5 Å². The molecule has 0 spiro atoms. The molecule has 1 N–H and O–H groups in total. The average molecular weight is 317 g/mol. The minimum absolute atomic E-state index is 0.232. The molecule has 3 rings (SSSR count). The standard InChI is InChI=1S/C15H13ClN4O2/c1-10(21)20-15(17-9-11-4-6-12(16)7-5-11)18-14(19-20)13-3-2-8-22-13/h2-8H,9H2,1H3,(H,17,18,19). The third kappa shape index (κ3) is 3.01. The van der Waals surface area contributed by atoms with Crippen molar-refractivity contribution in [1.29, 1.82) is 0 Å². The SMILES string of the molecule is CC(=O)n1nc(-c2ccco2)nc1NCc1ccc(Cl)cc1. The van der Waals surface area contributed by atoms with Gasteiger partial charge in [-0.1, -0.05) is 23.7 Å². The number of anilines is 1. The van der Waals surface area contributed by atoms with E-state index in [1.807, 2.05) is 24.3 Å². The molecule has 0 radical (unpaired) electrons. The molecule has 0 aliphatic rings. The molecule has 0 saturated carbocycles. The van der Waals surface area contributed by atoms with Gasteiger partial charge in [-0.2, -0.15) is 9.67 Å². The van der Waals surface area contributed by atoms with Crippen LogP contribution < -0.4 is 5.32 Å². The highest BCUT2D eigenvalue weighted by molar-refractivity contribution is 6.30. The molecule has 0 unspecified atom stereocenters. The van der Waals surface area contributed by atoms with Crippen LogP contribution in [0.4, 0.5) is 5.95 Å². The second-order valence-corrected chi connectivity index (χ2v) is 5.08. The first kappa shape index (κ1) is 14.3. The maximum Gasteiger partial charge on any atom is 0.246 e. The molecule has 112 valence electrons. The van der Waals surface area contributed by atoms with E-state index in [9.17, 15) is 4.79 Å². The zero-order chi connectivity index (χ0) is 15.5. The largest absolute Gasteiger partial charge is 0.461 e. The summed E-state index contributed by atoms with van der Waals surface area (Å²) < 4.78 is 6.47. The van der Waals surface area contributed by atoms with E-state index in [2.05, 4.69) is 15.4 Å². The predicted octanol–water partition coefficient (Wildman–Crippen LogP) is 3.46. The summed E-state index contributed by atoms with van der Waals surface area (Å²) >= 11 is 5.85. The van der Waals surface area contributed by atoms with Gasteiger partial charge in [0.15, 0.2) is 5.76 Å². The van der Waals surface area contributed by atoms with E-state index < -0.39 is 0 Å². The normalized spacial score (nSPS) is 10.6. The summed E-state index contributed by atoms with van der Waals surface area (Å²) in [5.41, 5.74) is 1.02. The third-order valence-corrected chi connectivity index (χ3v) is 3.26. The van der Waals surface area contributed by atoms with E-state index in [-0.39, 0.29) is 5.91 Å². The molecule has 0 fully saturated rings. The molecular formula is C15H13ClN4O2. The molecule has 2 heterocycles. The van der Waals surface area contributed by atoms with Crippen LogP contribution in [0.2, 0.25) is 5.02 Å². The first-order valence-corrected chi connectivity index (χ1v) is 7.01. The Bertz CT molecular complexity index is 778. The van der Waals surface area contributed by atoms with Crippen LogP contribution in [0.15, 0.2) is 47.1 Å². The zero-order valence-electron chi connectivity index (χ0n) is 11.8.